The van der Waals surface area contributed by atoms with Crippen molar-refractivity contribution < 1.29 is 18.0 Å². The van der Waals surface area contributed by atoms with Gasteiger partial charge in [0.05, 0.1) is 11.1 Å². The number of anilines is 3. The van der Waals surface area contributed by atoms with Crippen LogP contribution in [0.4, 0.5) is 30.4 Å². The highest BCUT2D eigenvalue weighted by molar-refractivity contribution is 6.05. The van der Waals surface area contributed by atoms with E-state index in [4.69, 9.17) is 6.42 Å². The van der Waals surface area contributed by atoms with Crippen LogP contribution >= 0.6 is 0 Å². The summed E-state index contributed by atoms with van der Waals surface area (Å²) in [6, 6.07) is 8.83. The molecule has 2 heterocycles. The standard InChI is InChI=1S/C21H15F3N4O/c1-2-19(29)27-15-7-8-16-17(11-15)25-12-26-20(16)28-9-3-4-13-5-6-14(10-18(13)28)21(22,23)24/h1,5-8,10-12H,3-4,9H2,(H,27,29). The number of alkyl halides is 3. The number of hydrogen-bond donors (Lipinski definition) is 1. The molecule has 8 heteroatoms. The highest BCUT2D eigenvalue weighted by Gasteiger charge is 2.32. The molecule has 0 spiro atoms. The minimum atomic E-state index is -4.42. The Balaban J connectivity index is 1.80. The molecule has 0 unspecified atom stereocenters. The molecule has 3 aromatic rings. The number of carbonyl (C=O) groups excluding carboxylic acids is 1. The van der Waals surface area contributed by atoms with Gasteiger partial charge in [0.1, 0.15) is 12.1 Å². The Bertz CT molecular complexity index is 1150. The average Bonchev–Trinajstić information content (AvgIpc) is 2.71. The number of hydrogen-bond acceptors (Lipinski definition) is 4. The number of carbonyl (C=O) groups is 1. The van der Waals surface area contributed by atoms with Gasteiger partial charge in [-0.3, -0.25) is 4.79 Å². The van der Waals surface area contributed by atoms with E-state index < -0.39 is 17.6 Å². The maximum Gasteiger partial charge on any atom is 0.416 e. The van der Waals surface area contributed by atoms with E-state index in [-0.39, 0.29) is 0 Å². The molecule has 29 heavy (non-hydrogen) atoms. The largest absolute Gasteiger partial charge is 0.416 e. The summed E-state index contributed by atoms with van der Waals surface area (Å²) in [5, 5.41) is 3.21. The number of aromatic nitrogens is 2. The minimum Gasteiger partial charge on any atom is -0.325 e. The summed E-state index contributed by atoms with van der Waals surface area (Å²) >= 11 is 0. The first-order valence-electron chi connectivity index (χ1n) is 8.87. The molecular formula is C21H15F3N4O. The van der Waals surface area contributed by atoms with Crippen LogP contribution in [0.1, 0.15) is 17.5 Å². The first-order valence-corrected chi connectivity index (χ1v) is 8.87. The molecule has 0 fully saturated rings. The van der Waals surface area contributed by atoms with Crippen LogP contribution < -0.4 is 10.2 Å². The number of benzene rings is 2. The normalized spacial score (nSPS) is 13.7. The second-order valence-electron chi connectivity index (χ2n) is 6.62. The number of halogens is 3. The van der Waals surface area contributed by atoms with E-state index in [0.29, 0.717) is 41.1 Å². The third-order valence-corrected chi connectivity index (χ3v) is 4.79. The third-order valence-electron chi connectivity index (χ3n) is 4.79. The van der Waals surface area contributed by atoms with E-state index in [0.717, 1.165) is 18.1 Å². The molecule has 1 aliphatic rings. The predicted octanol–water partition coefficient (Wildman–Crippen LogP) is 4.30. The van der Waals surface area contributed by atoms with Crippen LogP contribution in [-0.2, 0) is 17.4 Å². The van der Waals surface area contributed by atoms with Crippen molar-refractivity contribution >= 4 is 34.0 Å². The van der Waals surface area contributed by atoms with Crippen molar-refractivity contribution in [1.82, 2.24) is 9.97 Å². The Morgan fingerprint density at radius 3 is 2.76 bits per heavy atom. The number of rotatable bonds is 2. The monoisotopic (exact) mass is 396 g/mol. The fourth-order valence-electron chi connectivity index (χ4n) is 3.47. The fraction of sp³-hybridized carbons (Fsp3) is 0.190. The van der Waals surface area contributed by atoms with Crippen molar-refractivity contribution in [2.24, 2.45) is 0 Å². The van der Waals surface area contributed by atoms with E-state index in [1.165, 1.54) is 18.5 Å². The van der Waals surface area contributed by atoms with Gasteiger partial charge in [0.25, 0.3) is 5.91 Å². The first kappa shape index (κ1) is 18.7. The van der Waals surface area contributed by atoms with Crippen LogP contribution in [-0.4, -0.2) is 22.4 Å². The second-order valence-corrected chi connectivity index (χ2v) is 6.62. The number of amides is 1. The van der Waals surface area contributed by atoms with Gasteiger partial charge in [0.15, 0.2) is 0 Å². The topological polar surface area (TPSA) is 58.1 Å². The second kappa shape index (κ2) is 7.09. The Morgan fingerprint density at radius 2 is 2.00 bits per heavy atom. The molecule has 1 aromatic heterocycles. The van der Waals surface area contributed by atoms with Gasteiger partial charge in [-0.2, -0.15) is 13.2 Å². The smallest absolute Gasteiger partial charge is 0.325 e. The molecule has 146 valence electrons. The molecule has 0 atom stereocenters. The number of aryl methyl sites for hydroxylation is 1. The Labute approximate surface area is 164 Å². The van der Waals surface area contributed by atoms with Crippen LogP contribution in [0.5, 0.6) is 0 Å². The minimum absolute atomic E-state index is 0.475. The maximum atomic E-state index is 13.2. The number of terminal acetylenes is 1. The molecule has 0 aliphatic carbocycles. The zero-order chi connectivity index (χ0) is 20.6. The van der Waals surface area contributed by atoms with Gasteiger partial charge >= 0.3 is 6.18 Å². The SMILES string of the molecule is C#CC(=O)Nc1ccc2c(N3CCCc4ccc(C(F)(F)F)cc43)ncnc2c1. The Hall–Kier alpha value is -3.60. The lowest BCUT2D eigenvalue weighted by Gasteiger charge is -2.31. The number of fused-ring (bicyclic) bond motifs is 2. The quantitative estimate of drug-likeness (QED) is 0.656. The highest BCUT2D eigenvalue weighted by Crippen LogP contribution is 2.39. The summed E-state index contributed by atoms with van der Waals surface area (Å²) in [4.78, 5) is 21.8. The summed E-state index contributed by atoms with van der Waals surface area (Å²) in [5.41, 5.74) is 1.66. The lowest BCUT2D eigenvalue weighted by molar-refractivity contribution is -0.137. The molecule has 2 aromatic carbocycles. The van der Waals surface area contributed by atoms with E-state index in [1.54, 1.807) is 23.1 Å². The van der Waals surface area contributed by atoms with Crippen LogP contribution in [0.25, 0.3) is 10.9 Å². The summed E-state index contributed by atoms with van der Waals surface area (Å²) in [5.74, 6) is 1.91. The third kappa shape index (κ3) is 3.59. The Kier molecular flexibility index (Phi) is 4.59. The molecule has 1 amide bonds. The molecule has 1 aliphatic heterocycles. The van der Waals surface area contributed by atoms with Gasteiger partial charge < -0.3 is 10.2 Å². The summed E-state index contributed by atoms with van der Waals surface area (Å²) < 4.78 is 39.7. The van der Waals surface area contributed by atoms with Crippen LogP contribution in [0.15, 0.2) is 42.7 Å². The summed E-state index contributed by atoms with van der Waals surface area (Å²) in [6.45, 7) is 0.538. The van der Waals surface area contributed by atoms with Crippen molar-refractivity contribution in [1.29, 1.82) is 0 Å². The molecule has 0 bridgehead atoms. The summed E-state index contributed by atoms with van der Waals surface area (Å²) in [6.07, 6.45) is 3.50. The van der Waals surface area contributed by atoms with Crippen LogP contribution in [0.2, 0.25) is 0 Å². The van der Waals surface area contributed by atoms with Gasteiger partial charge in [-0.25, -0.2) is 9.97 Å². The molecule has 0 saturated heterocycles. The number of nitrogens with one attached hydrogen (secondary N) is 1. The lowest BCUT2D eigenvalue weighted by atomic mass is 9.99. The molecule has 1 N–H and O–H groups in total. The Morgan fingerprint density at radius 1 is 1.17 bits per heavy atom. The fourth-order valence-corrected chi connectivity index (χ4v) is 3.47. The number of nitrogens with zero attached hydrogens (tertiary/aromatic N) is 3. The van der Waals surface area contributed by atoms with Gasteiger partial charge in [0.2, 0.25) is 0 Å². The predicted molar refractivity (Wildman–Crippen MR) is 104 cm³/mol. The zero-order valence-electron chi connectivity index (χ0n) is 15.1. The van der Waals surface area contributed by atoms with Gasteiger partial charge in [-0.1, -0.05) is 6.07 Å². The van der Waals surface area contributed by atoms with E-state index >= 15 is 0 Å². The van der Waals surface area contributed by atoms with Gasteiger partial charge in [-0.05, 0) is 54.7 Å². The van der Waals surface area contributed by atoms with Crippen molar-refractivity contribution in [3.8, 4) is 12.3 Å². The maximum absolute atomic E-state index is 13.2. The molecule has 0 saturated carbocycles. The van der Waals surface area contributed by atoms with E-state index in [9.17, 15) is 18.0 Å². The van der Waals surface area contributed by atoms with Crippen LogP contribution in [0.3, 0.4) is 0 Å². The zero-order valence-corrected chi connectivity index (χ0v) is 15.1. The van der Waals surface area contributed by atoms with Gasteiger partial charge in [-0.15, -0.1) is 6.42 Å². The highest BCUT2D eigenvalue weighted by atomic mass is 19.4. The van der Waals surface area contributed by atoms with Crippen molar-refractivity contribution in [2.45, 2.75) is 19.0 Å². The molecule has 0 radical (unpaired) electrons. The van der Waals surface area contributed by atoms with Crippen LogP contribution in [0, 0.1) is 12.3 Å². The molecular weight excluding hydrogens is 381 g/mol. The molecule has 4 rings (SSSR count). The van der Waals surface area contributed by atoms with Crippen molar-refractivity contribution in [3.63, 3.8) is 0 Å². The van der Waals surface area contributed by atoms with Gasteiger partial charge in [0, 0.05) is 23.3 Å². The molecule has 5 nitrogen and oxygen atoms in total. The van der Waals surface area contributed by atoms with E-state index in [2.05, 4.69) is 15.3 Å². The first-order chi connectivity index (χ1) is 13.9. The average molecular weight is 396 g/mol. The summed E-state index contributed by atoms with van der Waals surface area (Å²) in [7, 11) is 0. The van der Waals surface area contributed by atoms with Crippen molar-refractivity contribution in [3.05, 3.63) is 53.9 Å². The van der Waals surface area contributed by atoms with Crippen molar-refractivity contribution in [2.75, 3.05) is 16.8 Å². The van der Waals surface area contributed by atoms with E-state index in [1.807, 2.05) is 5.92 Å². The lowest BCUT2D eigenvalue weighted by Crippen LogP contribution is -2.26.